The van der Waals surface area contributed by atoms with E-state index in [-0.39, 0.29) is 0 Å². The van der Waals surface area contributed by atoms with Crippen molar-refractivity contribution >= 4 is 16.7 Å². The molecule has 2 aromatic rings. The van der Waals surface area contributed by atoms with Gasteiger partial charge in [-0.15, -0.1) is 0 Å². The monoisotopic (exact) mass is 261 g/mol. The lowest BCUT2D eigenvalue weighted by Crippen LogP contribution is -2.05. The van der Waals surface area contributed by atoms with Gasteiger partial charge in [0, 0.05) is 32.4 Å². The second-order valence-corrected chi connectivity index (χ2v) is 4.88. The summed E-state index contributed by atoms with van der Waals surface area (Å²) < 4.78 is 7.43. The van der Waals surface area contributed by atoms with E-state index in [1.165, 1.54) is 11.3 Å². The van der Waals surface area contributed by atoms with Gasteiger partial charge in [-0.3, -0.25) is 0 Å². The number of anilines is 1. The van der Waals surface area contributed by atoms with E-state index in [9.17, 15) is 0 Å². The average Bonchev–Trinajstić information content (AvgIpc) is 2.72. The highest BCUT2D eigenvalue weighted by Gasteiger charge is 2.09. The van der Waals surface area contributed by atoms with Gasteiger partial charge in [-0.25, -0.2) is 4.98 Å². The van der Waals surface area contributed by atoms with Gasteiger partial charge < -0.3 is 15.0 Å². The summed E-state index contributed by atoms with van der Waals surface area (Å²) in [7, 11) is 1.75. The fraction of sp³-hybridized carbons (Fsp3) is 0.533. The molecule has 0 saturated carbocycles. The average molecular weight is 261 g/mol. The van der Waals surface area contributed by atoms with Crippen LogP contribution in [0.25, 0.3) is 11.0 Å². The van der Waals surface area contributed by atoms with Gasteiger partial charge in [0.25, 0.3) is 0 Å². The van der Waals surface area contributed by atoms with Gasteiger partial charge in [0.15, 0.2) is 0 Å². The summed E-state index contributed by atoms with van der Waals surface area (Å²) in [6.45, 7) is 4.00. The van der Waals surface area contributed by atoms with Gasteiger partial charge in [0.1, 0.15) is 5.82 Å². The Kier molecular flexibility index (Phi) is 4.80. The van der Waals surface area contributed by atoms with Crippen LogP contribution in [0.4, 0.5) is 5.69 Å². The first kappa shape index (κ1) is 13.9. The molecule has 0 unspecified atom stereocenters. The van der Waals surface area contributed by atoms with Gasteiger partial charge in [-0.2, -0.15) is 0 Å². The van der Waals surface area contributed by atoms with Crippen LogP contribution in [0.5, 0.6) is 0 Å². The van der Waals surface area contributed by atoms with E-state index < -0.39 is 0 Å². The van der Waals surface area contributed by atoms with E-state index in [0.717, 1.165) is 50.0 Å². The van der Waals surface area contributed by atoms with E-state index in [0.29, 0.717) is 0 Å². The van der Waals surface area contributed by atoms with Crippen LogP contribution < -0.4 is 5.73 Å². The topological polar surface area (TPSA) is 53.1 Å². The molecule has 19 heavy (non-hydrogen) atoms. The predicted molar refractivity (Wildman–Crippen MR) is 79.3 cm³/mol. The summed E-state index contributed by atoms with van der Waals surface area (Å²) in [5, 5.41) is 0. The van der Waals surface area contributed by atoms with Crippen molar-refractivity contribution in [3.8, 4) is 0 Å². The number of unbranched alkanes of at least 4 members (excludes halogenated alkanes) is 1. The summed E-state index contributed by atoms with van der Waals surface area (Å²) in [4.78, 5) is 4.71. The molecule has 0 saturated heterocycles. The van der Waals surface area contributed by atoms with Crippen molar-refractivity contribution in [1.82, 2.24) is 9.55 Å². The molecule has 2 rings (SSSR count). The fourth-order valence-electron chi connectivity index (χ4n) is 2.38. The number of fused-ring (bicyclic) bond motifs is 1. The first-order valence-electron chi connectivity index (χ1n) is 6.99. The van der Waals surface area contributed by atoms with Crippen molar-refractivity contribution in [2.24, 2.45) is 0 Å². The van der Waals surface area contributed by atoms with Crippen molar-refractivity contribution in [3.63, 3.8) is 0 Å². The standard InChI is InChI=1S/C15H23N3O/c1-3-6-15-17-13-11-12(16)7-8-14(13)18(15)9-4-5-10-19-2/h7-8,11H,3-6,9-10,16H2,1-2H3. The van der Waals surface area contributed by atoms with Crippen molar-refractivity contribution in [2.75, 3.05) is 19.5 Å². The molecule has 0 aliphatic rings. The van der Waals surface area contributed by atoms with E-state index in [1.807, 2.05) is 12.1 Å². The summed E-state index contributed by atoms with van der Waals surface area (Å²) in [5.41, 5.74) is 8.81. The predicted octanol–water partition coefficient (Wildman–Crippen LogP) is 3.00. The number of aromatic nitrogens is 2. The van der Waals surface area contributed by atoms with Crippen LogP contribution in [0, 0.1) is 0 Å². The van der Waals surface area contributed by atoms with Crippen molar-refractivity contribution in [2.45, 2.75) is 39.2 Å². The van der Waals surface area contributed by atoms with Crippen LogP contribution >= 0.6 is 0 Å². The quantitative estimate of drug-likeness (QED) is 0.615. The lowest BCUT2D eigenvalue weighted by atomic mass is 10.2. The second kappa shape index (κ2) is 6.57. The number of aryl methyl sites for hydroxylation is 2. The lowest BCUT2D eigenvalue weighted by molar-refractivity contribution is 0.191. The molecule has 0 radical (unpaired) electrons. The van der Waals surface area contributed by atoms with Crippen LogP contribution in [0.3, 0.4) is 0 Å². The molecule has 0 bridgehead atoms. The van der Waals surface area contributed by atoms with Crippen LogP contribution in [-0.2, 0) is 17.7 Å². The maximum atomic E-state index is 5.83. The molecule has 1 aromatic carbocycles. The normalized spacial score (nSPS) is 11.3. The zero-order valence-corrected chi connectivity index (χ0v) is 11.9. The Morgan fingerprint density at radius 2 is 2.16 bits per heavy atom. The maximum Gasteiger partial charge on any atom is 0.109 e. The number of hydrogen-bond donors (Lipinski definition) is 1. The summed E-state index contributed by atoms with van der Waals surface area (Å²) in [6, 6.07) is 5.98. The fourth-order valence-corrected chi connectivity index (χ4v) is 2.38. The highest BCUT2D eigenvalue weighted by atomic mass is 16.5. The third-order valence-corrected chi connectivity index (χ3v) is 3.31. The molecule has 0 aliphatic carbocycles. The molecule has 4 nitrogen and oxygen atoms in total. The van der Waals surface area contributed by atoms with E-state index >= 15 is 0 Å². The zero-order valence-electron chi connectivity index (χ0n) is 11.9. The molecule has 0 amide bonds. The zero-order chi connectivity index (χ0) is 13.7. The smallest absolute Gasteiger partial charge is 0.109 e. The van der Waals surface area contributed by atoms with Gasteiger partial charge in [0.05, 0.1) is 11.0 Å². The number of nitrogens with zero attached hydrogens (tertiary/aromatic N) is 2. The van der Waals surface area contributed by atoms with E-state index in [4.69, 9.17) is 15.5 Å². The molecule has 0 fully saturated rings. The lowest BCUT2D eigenvalue weighted by Gasteiger charge is -2.08. The number of rotatable bonds is 7. The number of nitrogen functional groups attached to an aromatic ring is 1. The Morgan fingerprint density at radius 3 is 2.89 bits per heavy atom. The molecular weight excluding hydrogens is 238 g/mol. The van der Waals surface area contributed by atoms with Gasteiger partial charge in [-0.1, -0.05) is 6.92 Å². The Hall–Kier alpha value is -1.55. The van der Waals surface area contributed by atoms with Crippen LogP contribution in [0.2, 0.25) is 0 Å². The number of methoxy groups -OCH3 is 1. The van der Waals surface area contributed by atoms with Crippen LogP contribution in [0.1, 0.15) is 32.0 Å². The van der Waals surface area contributed by atoms with E-state index in [1.54, 1.807) is 7.11 Å². The maximum absolute atomic E-state index is 5.83. The molecule has 0 aliphatic heterocycles. The molecule has 2 N–H and O–H groups in total. The van der Waals surface area contributed by atoms with Crippen molar-refractivity contribution < 1.29 is 4.74 Å². The Balaban J connectivity index is 2.24. The molecule has 1 heterocycles. The SMILES string of the molecule is CCCc1nc2cc(N)ccc2n1CCCCOC. The van der Waals surface area contributed by atoms with E-state index in [2.05, 4.69) is 17.6 Å². The molecule has 1 aromatic heterocycles. The first-order chi connectivity index (χ1) is 9.26. The third kappa shape index (κ3) is 3.26. The molecule has 0 atom stereocenters. The minimum absolute atomic E-state index is 0.777. The highest BCUT2D eigenvalue weighted by molar-refractivity contribution is 5.79. The first-order valence-corrected chi connectivity index (χ1v) is 6.99. The summed E-state index contributed by atoms with van der Waals surface area (Å²) >= 11 is 0. The molecule has 4 heteroatoms. The number of benzene rings is 1. The van der Waals surface area contributed by atoms with Gasteiger partial charge in [-0.05, 0) is 37.5 Å². The van der Waals surface area contributed by atoms with Crippen molar-refractivity contribution in [1.29, 1.82) is 0 Å². The molecule has 0 spiro atoms. The Bertz CT molecular complexity index is 533. The van der Waals surface area contributed by atoms with Crippen LogP contribution in [0.15, 0.2) is 18.2 Å². The van der Waals surface area contributed by atoms with Gasteiger partial charge in [0.2, 0.25) is 0 Å². The molecule has 104 valence electrons. The third-order valence-electron chi connectivity index (χ3n) is 3.31. The highest BCUT2D eigenvalue weighted by Crippen LogP contribution is 2.20. The van der Waals surface area contributed by atoms with Crippen molar-refractivity contribution in [3.05, 3.63) is 24.0 Å². The minimum atomic E-state index is 0.777. The minimum Gasteiger partial charge on any atom is -0.399 e. The Morgan fingerprint density at radius 1 is 1.32 bits per heavy atom. The number of nitrogens with two attached hydrogens (primary N) is 1. The largest absolute Gasteiger partial charge is 0.399 e. The Labute approximate surface area is 114 Å². The number of ether oxygens (including phenoxy) is 1. The second-order valence-electron chi connectivity index (χ2n) is 4.88. The van der Waals surface area contributed by atoms with Crippen LogP contribution in [-0.4, -0.2) is 23.3 Å². The number of hydrogen-bond acceptors (Lipinski definition) is 3. The summed E-state index contributed by atoms with van der Waals surface area (Å²) in [6.07, 6.45) is 4.31. The summed E-state index contributed by atoms with van der Waals surface area (Å²) in [5.74, 6) is 1.17. The van der Waals surface area contributed by atoms with Gasteiger partial charge >= 0.3 is 0 Å². The molecular formula is C15H23N3O. The number of imidazole rings is 1.